The number of nitrogens with one attached hydrogen (secondary N) is 2. The van der Waals surface area contributed by atoms with Crippen LogP contribution >= 0.6 is 11.6 Å². The zero-order chi connectivity index (χ0) is 16.8. The second-order valence-electron chi connectivity index (χ2n) is 5.61. The minimum absolute atomic E-state index is 0.208. The summed E-state index contributed by atoms with van der Waals surface area (Å²) in [6.07, 6.45) is 0. The highest BCUT2D eigenvalue weighted by molar-refractivity contribution is 6.31. The van der Waals surface area contributed by atoms with Gasteiger partial charge in [-0.15, -0.1) is 0 Å². The molecule has 0 heterocycles. The molecule has 0 aliphatic carbocycles. The quantitative estimate of drug-likeness (QED) is 0.871. The van der Waals surface area contributed by atoms with E-state index in [1.54, 1.807) is 48.5 Å². The van der Waals surface area contributed by atoms with Gasteiger partial charge in [0.25, 0.3) is 11.8 Å². The van der Waals surface area contributed by atoms with Gasteiger partial charge in [-0.05, 0) is 36.2 Å². The number of hydrogen-bond acceptors (Lipinski definition) is 2. The van der Waals surface area contributed by atoms with Crippen molar-refractivity contribution in [1.82, 2.24) is 5.32 Å². The number of amides is 2. The molecule has 0 atom stereocenters. The molecular weight excluding hydrogens is 312 g/mol. The highest BCUT2D eigenvalue weighted by Crippen LogP contribution is 2.17. The lowest BCUT2D eigenvalue weighted by Gasteiger charge is -2.12. The third-order valence-corrected chi connectivity index (χ3v) is 3.41. The minimum atomic E-state index is -0.309. The van der Waals surface area contributed by atoms with E-state index in [9.17, 15) is 9.59 Å². The maximum atomic E-state index is 12.3. The fourth-order valence-corrected chi connectivity index (χ4v) is 2.20. The third kappa shape index (κ3) is 4.83. The monoisotopic (exact) mass is 330 g/mol. The van der Waals surface area contributed by atoms with Crippen LogP contribution in [0.1, 0.15) is 34.6 Å². The van der Waals surface area contributed by atoms with E-state index in [2.05, 4.69) is 10.6 Å². The van der Waals surface area contributed by atoms with Crippen molar-refractivity contribution in [3.8, 4) is 0 Å². The van der Waals surface area contributed by atoms with Crippen LogP contribution in [-0.4, -0.2) is 18.4 Å². The fourth-order valence-electron chi connectivity index (χ4n) is 2.01. The molecule has 0 aliphatic rings. The lowest BCUT2D eigenvalue weighted by atomic mass is 10.1. The molecule has 0 aliphatic heterocycles. The first-order valence-electron chi connectivity index (χ1n) is 7.41. The Morgan fingerprint density at radius 2 is 1.78 bits per heavy atom. The Labute approximate surface area is 140 Å². The first-order valence-corrected chi connectivity index (χ1v) is 7.79. The number of hydrogen-bond donors (Lipinski definition) is 2. The zero-order valence-corrected chi connectivity index (χ0v) is 13.9. The molecule has 0 unspecified atom stereocenters. The number of benzene rings is 2. The van der Waals surface area contributed by atoms with Crippen LogP contribution in [0.5, 0.6) is 0 Å². The Morgan fingerprint density at radius 3 is 2.48 bits per heavy atom. The summed E-state index contributed by atoms with van der Waals surface area (Å²) in [4.78, 5) is 24.6. The number of carbonyl (C=O) groups is 2. The summed E-state index contributed by atoms with van der Waals surface area (Å²) in [5.74, 6) is -0.163. The van der Waals surface area contributed by atoms with Crippen LogP contribution in [0, 0.1) is 5.92 Å². The maximum Gasteiger partial charge on any atom is 0.255 e. The molecule has 2 rings (SSSR count). The van der Waals surface area contributed by atoms with Crippen LogP contribution < -0.4 is 10.6 Å². The number of para-hydroxylation sites is 1. The second-order valence-corrected chi connectivity index (χ2v) is 6.05. The van der Waals surface area contributed by atoms with Crippen molar-refractivity contribution in [2.75, 3.05) is 11.9 Å². The number of anilines is 1. The summed E-state index contributed by atoms with van der Waals surface area (Å²) in [5, 5.41) is 6.10. The van der Waals surface area contributed by atoms with Crippen LogP contribution in [0.15, 0.2) is 48.5 Å². The molecule has 0 bridgehead atoms. The van der Waals surface area contributed by atoms with Crippen molar-refractivity contribution in [2.45, 2.75) is 13.8 Å². The van der Waals surface area contributed by atoms with Gasteiger partial charge in [-0.25, -0.2) is 0 Å². The molecule has 5 heteroatoms. The van der Waals surface area contributed by atoms with E-state index in [0.717, 1.165) is 0 Å². The van der Waals surface area contributed by atoms with Crippen LogP contribution in [0.2, 0.25) is 5.02 Å². The molecule has 0 saturated carbocycles. The van der Waals surface area contributed by atoms with E-state index >= 15 is 0 Å². The lowest BCUT2D eigenvalue weighted by Crippen LogP contribution is -2.28. The van der Waals surface area contributed by atoms with E-state index in [1.165, 1.54) is 0 Å². The Morgan fingerprint density at radius 1 is 1.04 bits per heavy atom. The molecule has 0 fully saturated rings. The first kappa shape index (κ1) is 17.0. The Bertz CT molecular complexity index is 714. The molecule has 2 N–H and O–H groups in total. The van der Waals surface area contributed by atoms with Crippen molar-refractivity contribution >= 4 is 29.1 Å². The van der Waals surface area contributed by atoms with Crippen molar-refractivity contribution in [1.29, 1.82) is 0 Å². The predicted octanol–water partition coefficient (Wildman–Crippen LogP) is 3.98. The smallest absolute Gasteiger partial charge is 0.255 e. The van der Waals surface area contributed by atoms with Gasteiger partial charge in [-0.1, -0.05) is 43.6 Å². The van der Waals surface area contributed by atoms with Gasteiger partial charge in [0.05, 0.1) is 11.3 Å². The summed E-state index contributed by atoms with van der Waals surface area (Å²) in [5.41, 5.74) is 1.34. The van der Waals surface area contributed by atoms with Gasteiger partial charge in [0.15, 0.2) is 0 Å². The van der Waals surface area contributed by atoms with Crippen molar-refractivity contribution in [3.63, 3.8) is 0 Å². The highest BCUT2D eigenvalue weighted by Gasteiger charge is 2.14. The molecule has 4 nitrogen and oxygen atoms in total. The van der Waals surface area contributed by atoms with Crippen LogP contribution in [0.3, 0.4) is 0 Å². The average molecular weight is 331 g/mol. The SMILES string of the molecule is CC(C)CNC(=O)c1ccccc1NC(=O)c1cccc(Cl)c1. The second kappa shape index (κ2) is 7.79. The molecule has 0 radical (unpaired) electrons. The molecule has 2 aromatic carbocycles. The van der Waals surface area contributed by atoms with Crippen LogP contribution in [0.4, 0.5) is 5.69 Å². The Hall–Kier alpha value is -2.33. The summed E-state index contributed by atoms with van der Waals surface area (Å²) in [6, 6.07) is 13.6. The Balaban J connectivity index is 2.17. The van der Waals surface area contributed by atoms with Gasteiger partial charge >= 0.3 is 0 Å². The van der Waals surface area contributed by atoms with Gasteiger partial charge in [0.1, 0.15) is 0 Å². The predicted molar refractivity (Wildman–Crippen MR) is 93.0 cm³/mol. The fraction of sp³-hybridized carbons (Fsp3) is 0.222. The highest BCUT2D eigenvalue weighted by atomic mass is 35.5. The van der Waals surface area contributed by atoms with Crippen LogP contribution in [-0.2, 0) is 0 Å². The molecule has 0 saturated heterocycles. The largest absolute Gasteiger partial charge is 0.352 e. The van der Waals surface area contributed by atoms with Gasteiger partial charge in [0.2, 0.25) is 0 Å². The summed E-state index contributed by atoms with van der Waals surface area (Å²) < 4.78 is 0. The summed E-state index contributed by atoms with van der Waals surface area (Å²) in [6.45, 7) is 4.62. The van der Waals surface area contributed by atoms with E-state index in [-0.39, 0.29) is 11.8 Å². The van der Waals surface area contributed by atoms with E-state index in [1.807, 2.05) is 13.8 Å². The normalized spacial score (nSPS) is 10.4. The van der Waals surface area contributed by atoms with Crippen molar-refractivity contribution in [3.05, 3.63) is 64.7 Å². The molecule has 0 aromatic heterocycles. The number of carbonyl (C=O) groups excluding carboxylic acids is 2. The minimum Gasteiger partial charge on any atom is -0.352 e. The van der Waals surface area contributed by atoms with Crippen molar-refractivity contribution in [2.24, 2.45) is 5.92 Å². The lowest BCUT2D eigenvalue weighted by molar-refractivity contribution is 0.0950. The van der Waals surface area contributed by atoms with Gasteiger partial charge in [-0.2, -0.15) is 0 Å². The third-order valence-electron chi connectivity index (χ3n) is 3.18. The Kier molecular flexibility index (Phi) is 5.77. The van der Waals surface area contributed by atoms with Gasteiger partial charge in [0, 0.05) is 17.1 Å². The van der Waals surface area contributed by atoms with Gasteiger partial charge in [-0.3, -0.25) is 9.59 Å². The summed E-state index contributed by atoms with van der Waals surface area (Å²) >= 11 is 5.90. The maximum absolute atomic E-state index is 12.3. The number of rotatable bonds is 5. The van der Waals surface area contributed by atoms with Crippen LogP contribution in [0.25, 0.3) is 0 Å². The van der Waals surface area contributed by atoms with E-state index < -0.39 is 0 Å². The molecule has 2 aromatic rings. The molecule has 2 amide bonds. The molecule has 23 heavy (non-hydrogen) atoms. The standard InChI is InChI=1S/C18H19ClN2O2/c1-12(2)11-20-18(23)15-8-3-4-9-16(15)21-17(22)13-6-5-7-14(19)10-13/h3-10,12H,11H2,1-2H3,(H,20,23)(H,21,22). The molecule has 0 spiro atoms. The summed E-state index contributed by atoms with van der Waals surface area (Å²) in [7, 11) is 0. The van der Waals surface area contributed by atoms with Gasteiger partial charge < -0.3 is 10.6 Å². The van der Waals surface area contributed by atoms with Crippen molar-refractivity contribution < 1.29 is 9.59 Å². The number of halogens is 1. The first-order chi connectivity index (χ1) is 11.0. The topological polar surface area (TPSA) is 58.2 Å². The molecular formula is C18H19ClN2O2. The van der Waals surface area contributed by atoms with E-state index in [4.69, 9.17) is 11.6 Å². The van der Waals surface area contributed by atoms with E-state index in [0.29, 0.717) is 34.3 Å². The molecule has 120 valence electrons. The zero-order valence-electron chi connectivity index (χ0n) is 13.1. The average Bonchev–Trinajstić information content (AvgIpc) is 2.53.